The fourth-order valence-corrected chi connectivity index (χ4v) is 2.86. The van der Waals surface area contributed by atoms with Crippen molar-refractivity contribution in [3.63, 3.8) is 0 Å². The van der Waals surface area contributed by atoms with Crippen LogP contribution in [0.4, 0.5) is 0 Å². The van der Waals surface area contributed by atoms with Crippen LogP contribution in [-0.2, 0) is 16.0 Å². The number of hydrogen-bond acceptors (Lipinski definition) is 4. The van der Waals surface area contributed by atoms with Crippen molar-refractivity contribution >= 4 is 11.8 Å². The summed E-state index contributed by atoms with van der Waals surface area (Å²) < 4.78 is 5.41. The zero-order valence-electron chi connectivity index (χ0n) is 14.2. The molecule has 1 saturated heterocycles. The first-order valence-electron chi connectivity index (χ1n) is 8.43. The van der Waals surface area contributed by atoms with Gasteiger partial charge in [-0.3, -0.25) is 9.59 Å². The Morgan fingerprint density at radius 3 is 2.96 bits per heavy atom. The molecule has 132 valence electrons. The summed E-state index contributed by atoms with van der Waals surface area (Å²) in [5.41, 5.74) is 0.860. The van der Waals surface area contributed by atoms with E-state index in [2.05, 4.69) is 5.32 Å². The minimum atomic E-state index is -0.198. The van der Waals surface area contributed by atoms with Crippen LogP contribution in [0.25, 0.3) is 0 Å². The Bertz CT molecular complexity index is 562. The summed E-state index contributed by atoms with van der Waals surface area (Å²) in [6, 6.07) is 7.26. The zero-order chi connectivity index (χ0) is 17.4. The summed E-state index contributed by atoms with van der Waals surface area (Å²) in [4.78, 5) is 25.6. The molecule has 1 aromatic carbocycles. The molecule has 1 heterocycles. The lowest BCUT2D eigenvalue weighted by Crippen LogP contribution is -2.36. The van der Waals surface area contributed by atoms with Gasteiger partial charge in [-0.25, -0.2) is 0 Å². The molecule has 1 aromatic rings. The summed E-state index contributed by atoms with van der Waals surface area (Å²) in [5.74, 6) is 0.626. The number of nitrogens with one attached hydrogen (secondary N) is 1. The zero-order valence-corrected chi connectivity index (χ0v) is 14.2. The van der Waals surface area contributed by atoms with Crippen molar-refractivity contribution in [2.24, 2.45) is 5.92 Å². The second-order valence-electron chi connectivity index (χ2n) is 6.17. The Kier molecular flexibility index (Phi) is 7.06. The molecule has 6 heteroatoms. The highest BCUT2D eigenvalue weighted by Crippen LogP contribution is 2.18. The maximum Gasteiger partial charge on any atom is 0.257 e. The molecule has 24 heavy (non-hydrogen) atoms. The average Bonchev–Trinajstić information content (AvgIpc) is 2.85. The number of nitrogens with zero attached hydrogens (tertiary/aromatic N) is 1. The van der Waals surface area contributed by atoms with E-state index in [4.69, 9.17) is 4.74 Å². The van der Waals surface area contributed by atoms with Gasteiger partial charge < -0.3 is 20.1 Å². The summed E-state index contributed by atoms with van der Waals surface area (Å²) >= 11 is 0. The van der Waals surface area contributed by atoms with Gasteiger partial charge in [0.2, 0.25) is 5.91 Å². The van der Waals surface area contributed by atoms with E-state index in [-0.39, 0.29) is 30.9 Å². The predicted octanol–water partition coefficient (Wildman–Crippen LogP) is 0.975. The molecule has 2 rings (SSSR count). The standard InChI is InChI=1S/C18H26N2O4/c1-19-17(22)13-24-16-7-4-6-14(9-16)10-18(23)20-8-3-2-5-15(11-20)12-21/h4,6-7,9,15,21H,2-3,5,8,10-13H2,1H3,(H,19,22). The first-order chi connectivity index (χ1) is 11.6. The Balaban J connectivity index is 1.94. The summed E-state index contributed by atoms with van der Waals surface area (Å²) in [6.07, 6.45) is 3.31. The fourth-order valence-electron chi connectivity index (χ4n) is 2.86. The number of ether oxygens (including phenoxy) is 1. The van der Waals surface area contributed by atoms with E-state index in [0.717, 1.165) is 31.4 Å². The number of aliphatic hydroxyl groups is 1. The molecule has 2 N–H and O–H groups in total. The van der Waals surface area contributed by atoms with E-state index in [1.165, 1.54) is 0 Å². The van der Waals surface area contributed by atoms with Gasteiger partial charge in [0.25, 0.3) is 5.91 Å². The maximum absolute atomic E-state index is 12.5. The second-order valence-corrected chi connectivity index (χ2v) is 6.17. The molecule has 6 nitrogen and oxygen atoms in total. The Morgan fingerprint density at radius 1 is 1.38 bits per heavy atom. The monoisotopic (exact) mass is 334 g/mol. The van der Waals surface area contributed by atoms with Crippen molar-refractivity contribution in [1.82, 2.24) is 10.2 Å². The third-order valence-corrected chi connectivity index (χ3v) is 4.28. The summed E-state index contributed by atoms with van der Waals surface area (Å²) in [7, 11) is 1.56. The molecule has 0 spiro atoms. The van der Waals surface area contributed by atoms with Gasteiger partial charge in [-0.05, 0) is 36.5 Å². The Morgan fingerprint density at radius 2 is 2.21 bits per heavy atom. The topological polar surface area (TPSA) is 78.9 Å². The van der Waals surface area contributed by atoms with Gasteiger partial charge in [0.15, 0.2) is 6.61 Å². The lowest BCUT2D eigenvalue weighted by Gasteiger charge is -2.23. The van der Waals surface area contributed by atoms with Crippen LogP contribution < -0.4 is 10.1 Å². The number of benzene rings is 1. The van der Waals surface area contributed by atoms with Crippen LogP contribution in [-0.4, -0.2) is 55.2 Å². The van der Waals surface area contributed by atoms with E-state index in [1.54, 1.807) is 19.2 Å². The van der Waals surface area contributed by atoms with Crippen molar-refractivity contribution in [2.75, 3.05) is 33.4 Å². The number of rotatable bonds is 6. The van der Waals surface area contributed by atoms with Crippen LogP contribution in [0.1, 0.15) is 24.8 Å². The van der Waals surface area contributed by atoms with E-state index in [9.17, 15) is 14.7 Å². The van der Waals surface area contributed by atoms with Gasteiger partial charge in [0.05, 0.1) is 6.42 Å². The molecule has 0 radical (unpaired) electrons. The molecule has 2 amide bonds. The Hall–Kier alpha value is -2.08. The highest BCUT2D eigenvalue weighted by atomic mass is 16.5. The van der Waals surface area contributed by atoms with Crippen LogP contribution in [0.5, 0.6) is 5.75 Å². The molecule has 1 aliphatic heterocycles. The summed E-state index contributed by atoms with van der Waals surface area (Å²) in [5, 5.41) is 11.9. The largest absolute Gasteiger partial charge is 0.484 e. The quantitative estimate of drug-likeness (QED) is 0.813. The van der Waals surface area contributed by atoms with Crippen molar-refractivity contribution in [1.29, 1.82) is 0 Å². The average molecular weight is 334 g/mol. The van der Waals surface area contributed by atoms with Gasteiger partial charge in [0.1, 0.15) is 5.75 Å². The van der Waals surface area contributed by atoms with Crippen LogP contribution in [0, 0.1) is 5.92 Å². The van der Waals surface area contributed by atoms with E-state index in [1.807, 2.05) is 17.0 Å². The smallest absolute Gasteiger partial charge is 0.257 e. The molecular formula is C18H26N2O4. The van der Waals surface area contributed by atoms with Gasteiger partial charge >= 0.3 is 0 Å². The first kappa shape index (κ1) is 18.3. The Labute approximate surface area is 142 Å². The van der Waals surface area contributed by atoms with E-state index >= 15 is 0 Å². The van der Waals surface area contributed by atoms with Crippen LogP contribution in [0.2, 0.25) is 0 Å². The van der Waals surface area contributed by atoms with Crippen LogP contribution >= 0.6 is 0 Å². The lowest BCUT2D eigenvalue weighted by atomic mass is 10.0. The molecule has 1 aliphatic rings. The lowest BCUT2D eigenvalue weighted by molar-refractivity contribution is -0.131. The second kappa shape index (κ2) is 9.27. The van der Waals surface area contributed by atoms with Gasteiger partial charge in [-0.15, -0.1) is 0 Å². The number of likely N-dealkylation sites (tertiary alicyclic amines) is 1. The SMILES string of the molecule is CNC(=O)COc1cccc(CC(=O)N2CCCCC(CO)C2)c1. The van der Waals surface area contributed by atoms with Gasteiger partial charge in [-0.2, -0.15) is 0 Å². The van der Waals surface area contributed by atoms with E-state index < -0.39 is 0 Å². The minimum absolute atomic E-state index is 0.0434. The summed E-state index contributed by atoms with van der Waals surface area (Å²) in [6.45, 7) is 1.47. The molecule has 0 aromatic heterocycles. The third kappa shape index (κ3) is 5.53. The highest BCUT2D eigenvalue weighted by Gasteiger charge is 2.21. The number of hydrogen-bond donors (Lipinski definition) is 2. The third-order valence-electron chi connectivity index (χ3n) is 4.28. The maximum atomic E-state index is 12.5. The number of carbonyl (C=O) groups is 2. The molecule has 1 atom stereocenters. The molecular weight excluding hydrogens is 308 g/mol. The minimum Gasteiger partial charge on any atom is -0.484 e. The first-order valence-corrected chi connectivity index (χ1v) is 8.43. The number of amides is 2. The number of aliphatic hydroxyl groups excluding tert-OH is 1. The number of likely N-dealkylation sites (N-methyl/N-ethyl adjacent to an activating group) is 1. The molecule has 0 aliphatic carbocycles. The molecule has 1 unspecified atom stereocenters. The normalized spacial score (nSPS) is 17.9. The molecule has 1 fully saturated rings. The van der Waals surface area contributed by atoms with Crippen molar-refractivity contribution < 1.29 is 19.4 Å². The van der Waals surface area contributed by atoms with Crippen LogP contribution in [0.15, 0.2) is 24.3 Å². The van der Waals surface area contributed by atoms with Gasteiger partial charge in [0, 0.05) is 26.7 Å². The molecule has 0 saturated carbocycles. The van der Waals surface area contributed by atoms with E-state index in [0.29, 0.717) is 18.7 Å². The van der Waals surface area contributed by atoms with Gasteiger partial charge in [-0.1, -0.05) is 18.6 Å². The highest BCUT2D eigenvalue weighted by molar-refractivity contribution is 5.79. The predicted molar refractivity (Wildman–Crippen MR) is 90.7 cm³/mol. The molecule has 0 bridgehead atoms. The van der Waals surface area contributed by atoms with Crippen molar-refractivity contribution in [2.45, 2.75) is 25.7 Å². The fraction of sp³-hybridized carbons (Fsp3) is 0.556. The van der Waals surface area contributed by atoms with Crippen molar-refractivity contribution in [3.05, 3.63) is 29.8 Å². The number of carbonyl (C=O) groups excluding carboxylic acids is 2. The van der Waals surface area contributed by atoms with Crippen molar-refractivity contribution in [3.8, 4) is 5.75 Å². The van der Waals surface area contributed by atoms with Crippen LogP contribution in [0.3, 0.4) is 0 Å².